The van der Waals surface area contributed by atoms with Crippen molar-refractivity contribution in [2.24, 2.45) is 0 Å². The summed E-state index contributed by atoms with van der Waals surface area (Å²) in [6.07, 6.45) is 0.595. The molecule has 5 N–H and O–H groups in total. The highest BCUT2D eigenvalue weighted by molar-refractivity contribution is 7.08. The van der Waals surface area contributed by atoms with Gasteiger partial charge in [-0.3, -0.25) is 14.2 Å². The van der Waals surface area contributed by atoms with E-state index in [1.807, 2.05) is 0 Å². The second-order valence-corrected chi connectivity index (χ2v) is 9.33. The number of imidazole rings is 1. The van der Waals surface area contributed by atoms with Gasteiger partial charge >= 0.3 is 0 Å². The normalized spacial score (nSPS) is 23.6. The Morgan fingerprint density at radius 3 is 2.81 bits per heavy atom. The molecule has 3 aromatic heterocycles. The number of ether oxygens (including phenoxy) is 1. The first-order chi connectivity index (χ1) is 17.4. The molecule has 1 saturated heterocycles. The van der Waals surface area contributed by atoms with E-state index in [9.17, 15) is 19.8 Å². The molecule has 1 aliphatic heterocycles. The molecule has 0 aromatic carbocycles. The van der Waals surface area contributed by atoms with Crippen LogP contribution in [-0.2, 0) is 9.53 Å². The number of carbonyl (C=O) groups excluding carboxylic acids is 2. The Balaban J connectivity index is 1.41. The highest BCUT2D eigenvalue weighted by Gasteiger charge is 2.47. The number of aliphatic hydroxyl groups excluding tert-OH is 2. The van der Waals surface area contributed by atoms with E-state index < -0.39 is 30.4 Å². The Hall–Kier alpha value is -3.64. The van der Waals surface area contributed by atoms with Crippen LogP contribution < -0.4 is 11.1 Å². The standard InChI is InChI=1S/C22H24N8O5S/c1-24-20(33)17-15(31)16(32)22(35-17)30-10-25-14-18(23)27-13(28-19(14)30)6-3-9-29(11-4-2-5-11)21(34)12-7-8-26-36-12/h7-8,10-11,15-17,22,31-32H,2,4-5,9H2,1H3,(H,24,33)(H2,23,27,28)/t15-,16-,17+,22-/m1/s1. The van der Waals surface area contributed by atoms with Crippen molar-refractivity contribution >= 4 is 40.3 Å². The monoisotopic (exact) mass is 512 g/mol. The number of hydrogen-bond acceptors (Lipinski definition) is 11. The van der Waals surface area contributed by atoms with Gasteiger partial charge in [-0.05, 0) is 42.8 Å². The van der Waals surface area contributed by atoms with Crippen LogP contribution in [0.15, 0.2) is 18.6 Å². The summed E-state index contributed by atoms with van der Waals surface area (Å²) in [6.45, 7) is 0.187. The quantitative estimate of drug-likeness (QED) is 0.318. The number of carbonyl (C=O) groups is 2. The molecule has 1 aliphatic carbocycles. The molecule has 188 valence electrons. The summed E-state index contributed by atoms with van der Waals surface area (Å²) in [5.74, 6) is 5.31. The van der Waals surface area contributed by atoms with Crippen LogP contribution in [0.25, 0.3) is 11.2 Å². The Morgan fingerprint density at radius 1 is 1.33 bits per heavy atom. The number of nitrogens with two attached hydrogens (primary N) is 1. The molecular weight excluding hydrogens is 488 g/mol. The lowest BCUT2D eigenvalue weighted by Crippen LogP contribution is -2.44. The topological polar surface area (TPSA) is 182 Å². The smallest absolute Gasteiger partial charge is 0.266 e. The van der Waals surface area contributed by atoms with Crippen molar-refractivity contribution in [2.75, 3.05) is 19.3 Å². The Bertz CT molecular complexity index is 1350. The zero-order valence-electron chi connectivity index (χ0n) is 19.2. The van der Waals surface area contributed by atoms with Crippen LogP contribution in [0, 0.1) is 11.8 Å². The van der Waals surface area contributed by atoms with Crippen LogP contribution in [0.5, 0.6) is 0 Å². The molecule has 2 fully saturated rings. The second kappa shape index (κ2) is 9.78. The van der Waals surface area contributed by atoms with Crippen LogP contribution in [0.2, 0.25) is 0 Å². The van der Waals surface area contributed by atoms with E-state index in [4.69, 9.17) is 10.5 Å². The number of amides is 2. The van der Waals surface area contributed by atoms with Gasteiger partial charge in [-0.25, -0.2) is 19.3 Å². The van der Waals surface area contributed by atoms with Crippen molar-refractivity contribution < 1.29 is 24.5 Å². The molecule has 0 unspecified atom stereocenters. The van der Waals surface area contributed by atoms with Gasteiger partial charge in [0.2, 0.25) is 5.82 Å². The third-order valence-corrected chi connectivity index (χ3v) is 7.07. The molecule has 5 rings (SSSR count). The average molecular weight is 513 g/mol. The summed E-state index contributed by atoms with van der Waals surface area (Å²) in [5, 5.41) is 23.2. The third kappa shape index (κ3) is 4.26. The molecule has 1 saturated carbocycles. The first kappa shape index (κ1) is 24.1. The lowest BCUT2D eigenvalue weighted by molar-refractivity contribution is -0.137. The minimum absolute atomic E-state index is 0.0653. The van der Waals surface area contributed by atoms with Gasteiger partial charge in [-0.1, -0.05) is 5.92 Å². The zero-order valence-corrected chi connectivity index (χ0v) is 20.1. The van der Waals surface area contributed by atoms with Gasteiger partial charge in [0.15, 0.2) is 23.8 Å². The predicted molar refractivity (Wildman–Crippen MR) is 127 cm³/mol. The third-order valence-electron chi connectivity index (χ3n) is 6.34. The molecule has 4 atom stereocenters. The maximum atomic E-state index is 12.9. The second-order valence-electron chi connectivity index (χ2n) is 8.50. The van der Waals surface area contributed by atoms with Crippen LogP contribution >= 0.6 is 11.5 Å². The van der Waals surface area contributed by atoms with Crippen LogP contribution in [0.4, 0.5) is 5.82 Å². The number of fused-ring (bicyclic) bond motifs is 1. The summed E-state index contributed by atoms with van der Waals surface area (Å²) in [4.78, 5) is 40.0. The van der Waals surface area contributed by atoms with Gasteiger partial charge in [0.1, 0.15) is 22.6 Å². The van der Waals surface area contributed by atoms with Crippen molar-refractivity contribution in [1.29, 1.82) is 0 Å². The van der Waals surface area contributed by atoms with E-state index in [2.05, 4.69) is 36.5 Å². The number of aliphatic hydroxyl groups is 2. The summed E-state index contributed by atoms with van der Waals surface area (Å²) < 4.78 is 11.0. The summed E-state index contributed by atoms with van der Waals surface area (Å²) in [6, 6.07) is 1.82. The zero-order chi connectivity index (χ0) is 25.4. The molecule has 0 radical (unpaired) electrons. The highest BCUT2D eigenvalue weighted by atomic mass is 32.1. The number of hydrogen-bond donors (Lipinski definition) is 4. The van der Waals surface area contributed by atoms with E-state index >= 15 is 0 Å². The first-order valence-corrected chi connectivity index (χ1v) is 12.1. The minimum atomic E-state index is -1.44. The number of rotatable bonds is 5. The Kier molecular flexibility index (Phi) is 6.54. The van der Waals surface area contributed by atoms with Crippen molar-refractivity contribution in [1.82, 2.24) is 34.1 Å². The SMILES string of the molecule is CNC(=O)[C@H]1O[C@@H](n2cnc3c(N)nc(C#CCN(C(=O)c4ccns4)C4CCC4)nc32)[C@H](O)[C@H]1O. The molecule has 36 heavy (non-hydrogen) atoms. The van der Waals surface area contributed by atoms with Crippen molar-refractivity contribution in [3.05, 3.63) is 29.3 Å². The molecule has 2 aliphatic rings. The van der Waals surface area contributed by atoms with E-state index in [1.165, 1.54) is 17.9 Å². The van der Waals surface area contributed by atoms with Gasteiger partial charge in [0.25, 0.3) is 11.8 Å². The highest BCUT2D eigenvalue weighted by Crippen LogP contribution is 2.32. The molecule has 0 bridgehead atoms. The molecule has 13 nitrogen and oxygen atoms in total. The first-order valence-electron chi connectivity index (χ1n) is 11.3. The van der Waals surface area contributed by atoms with Gasteiger partial charge < -0.3 is 30.9 Å². The number of likely N-dealkylation sites (N-methyl/N-ethyl adjacent to an activating group) is 1. The summed E-state index contributed by atoms with van der Waals surface area (Å²) >= 11 is 1.15. The number of nitrogens with zero attached hydrogens (tertiary/aromatic N) is 6. The molecule has 3 aromatic rings. The van der Waals surface area contributed by atoms with Gasteiger partial charge in [-0.15, -0.1) is 0 Å². The predicted octanol–water partition coefficient (Wildman–Crippen LogP) is -0.723. The van der Waals surface area contributed by atoms with Crippen LogP contribution in [0.3, 0.4) is 0 Å². The van der Waals surface area contributed by atoms with Gasteiger partial charge in [0, 0.05) is 19.3 Å². The number of anilines is 1. The van der Waals surface area contributed by atoms with Crippen LogP contribution in [-0.4, -0.2) is 88.8 Å². The largest absolute Gasteiger partial charge is 0.387 e. The van der Waals surface area contributed by atoms with Crippen molar-refractivity contribution in [2.45, 2.75) is 49.8 Å². The van der Waals surface area contributed by atoms with E-state index in [-0.39, 0.29) is 41.3 Å². The lowest BCUT2D eigenvalue weighted by atomic mass is 9.91. The van der Waals surface area contributed by atoms with Crippen molar-refractivity contribution in [3.8, 4) is 11.8 Å². The van der Waals surface area contributed by atoms with Crippen molar-refractivity contribution in [3.63, 3.8) is 0 Å². The maximum Gasteiger partial charge on any atom is 0.266 e. The van der Waals surface area contributed by atoms with E-state index in [1.54, 1.807) is 17.2 Å². The van der Waals surface area contributed by atoms with Crippen LogP contribution in [0.1, 0.15) is 41.0 Å². The summed E-state index contributed by atoms with van der Waals surface area (Å²) in [5.41, 5.74) is 6.54. The maximum absolute atomic E-state index is 12.9. The molecular formula is C22H24N8O5S. The molecule has 2 amide bonds. The number of aromatic nitrogens is 5. The lowest BCUT2D eigenvalue weighted by Gasteiger charge is -2.36. The average Bonchev–Trinajstić information content (AvgIpc) is 3.57. The number of nitrogen functional groups attached to an aromatic ring is 1. The number of nitrogens with one attached hydrogen (secondary N) is 1. The molecule has 4 heterocycles. The molecule has 14 heteroatoms. The Labute approximate surface area is 209 Å². The fourth-order valence-corrected chi connectivity index (χ4v) is 4.72. The minimum Gasteiger partial charge on any atom is -0.387 e. The van der Waals surface area contributed by atoms with Gasteiger partial charge in [0.05, 0.1) is 12.9 Å². The summed E-state index contributed by atoms with van der Waals surface area (Å²) in [7, 11) is 1.40. The fraction of sp³-hybridized carbons (Fsp3) is 0.455. The van der Waals surface area contributed by atoms with Gasteiger partial charge in [-0.2, -0.15) is 0 Å². The fourth-order valence-electron chi connectivity index (χ4n) is 4.17. The Morgan fingerprint density at radius 2 is 2.14 bits per heavy atom. The van der Waals surface area contributed by atoms with E-state index in [0.29, 0.717) is 4.88 Å². The molecule has 0 spiro atoms. The van der Waals surface area contributed by atoms with E-state index in [0.717, 1.165) is 30.8 Å².